The first-order valence-electron chi connectivity index (χ1n) is 6.98. The van der Waals surface area contributed by atoms with Gasteiger partial charge in [0.1, 0.15) is 5.82 Å². The Bertz CT molecular complexity index is 582. The Morgan fingerprint density at radius 2 is 1.55 bits per heavy atom. The molecule has 0 unspecified atom stereocenters. The van der Waals surface area contributed by atoms with Crippen molar-refractivity contribution in [3.8, 4) is 11.1 Å². The number of hydrogen-bond acceptors (Lipinski definition) is 2. The molecule has 0 radical (unpaired) electrons. The average molecular weight is 292 g/mol. The first kappa shape index (κ1) is 15.2. The van der Waals surface area contributed by atoms with Gasteiger partial charge in [0, 0.05) is 15.3 Å². The third-order valence-corrected chi connectivity index (χ3v) is 5.24. The van der Waals surface area contributed by atoms with Crippen LogP contribution < -0.4 is 0 Å². The molecule has 108 valence electrons. The second-order valence-corrected chi connectivity index (χ2v) is 6.74. The highest BCUT2D eigenvalue weighted by Gasteiger charge is 2.22. The van der Waals surface area contributed by atoms with E-state index in [1.165, 1.54) is 21.9 Å². The molecule has 0 aliphatic carbocycles. The van der Waals surface area contributed by atoms with Crippen LogP contribution in [-0.2, 0) is 6.61 Å². The number of aliphatic hydroxyl groups excluding tert-OH is 1. The van der Waals surface area contributed by atoms with E-state index in [1.807, 2.05) is 0 Å². The van der Waals surface area contributed by atoms with Crippen molar-refractivity contribution in [2.24, 2.45) is 0 Å². The zero-order chi connectivity index (χ0) is 14.9. The molecule has 2 aromatic rings. The smallest absolute Gasteiger partial charge is 0.123 e. The van der Waals surface area contributed by atoms with Gasteiger partial charge in [0.2, 0.25) is 0 Å². The number of hydrogen-bond donors (Lipinski definition) is 1. The summed E-state index contributed by atoms with van der Waals surface area (Å²) in [5, 5.41) is 9.79. The highest BCUT2D eigenvalue weighted by molar-refractivity contribution is 7.13. The Hall–Kier alpha value is -1.19. The minimum atomic E-state index is -0.232. The summed E-state index contributed by atoms with van der Waals surface area (Å²) in [7, 11) is 0. The molecule has 1 N–H and O–H groups in total. The van der Waals surface area contributed by atoms with Gasteiger partial charge in [-0.2, -0.15) is 0 Å². The van der Waals surface area contributed by atoms with Crippen molar-refractivity contribution in [3.63, 3.8) is 0 Å². The van der Waals surface area contributed by atoms with Gasteiger partial charge in [-0.25, -0.2) is 4.39 Å². The van der Waals surface area contributed by atoms with Crippen LogP contribution in [0.3, 0.4) is 0 Å². The average Bonchev–Trinajstić information content (AvgIpc) is 2.79. The number of rotatable bonds is 4. The zero-order valence-electron chi connectivity index (χ0n) is 12.4. The summed E-state index contributed by atoms with van der Waals surface area (Å²) < 4.78 is 13.1. The molecule has 3 heteroatoms. The van der Waals surface area contributed by atoms with E-state index in [2.05, 4.69) is 27.7 Å². The van der Waals surface area contributed by atoms with Crippen molar-refractivity contribution >= 4 is 11.3 Å². The molecule has 1 nitrogen and oxygen atoms in total. The van der Waals surface area contributed by atoms with Gasteiger partial charge < -0.3 is 5.11 Å². The van der Waals surface area contributed by atoms with E-state index in [1.54, 1.807) is 23.5 Å². The van der Waals surface area contributed by atoms with Gasteiger partial charge in [-0.1, -0.05) is 39.8 Å². The number of benzene rings is 1. The standard InChI is InChI=1S/C17H21FOS/c1-10(2)16-14(9-19)15(17(20-16)11(3)4)12-5-7-13(18)8-6-12/h5-8,10-11,19H,9H2,1-4H3. The molecule has 2 rings (SSSR count). The van der Waals surface area contributed by atoms with Crippen LogP contribution in [0.15, 0.2) is 24.3 Å². The Morgan fingerprint density at radius 3 is 2.00 bits per heavy atom. The molecule has 0 bridgehead atoms. The van der Waals surface area contributed by atoms with Crippen LogP contribution in [0.5, 0.6) is 0 Å². The van der Waals surface area contributed by atoms with Crippen LogP contribution in [0, 0.1) is 5.82 Å². The Balaban J connectivity index is 2.68. The van der Waals surface area contributed by atoms with Gasteiger partial charge in [-0.3, -0.25) is 0 Å². The van der Waals surface area contributed by atoms with Gasteiger partial charge in [0.25, 0.3) is 0 Å². The fourth-order valence-electron chi connectivity index (χ4n) is 2.47. The lowest BCUT2D eigenvalue weighted by Crippen LogP contribution is -1.94. The quantitative estimate of drug-likeness (QED) is 0.811. The second-order valence-electron chi connectivity index (χ2n) is 5.66. The number of aliphatic hydroxyl groups is 1. The highest BCUT2D eigenvalue weighted by atomic mass is 32.1. The number of thiophene rings is 1. The maximum Gasteiger partial charge on any atom is 0.123 e. The Labute approximate surface area is 124 Å². The van der Waals surface area contributed by atoms with Crippen LogP contribution >= 0.6 is 11.3 Å². The molecule has 0 atom stereocenters. The molecular formula is C17H21FOS. The lowest BCUT2D eigenvalue weighted by Gasteiger charge is -2.10. The molecule has 0 amide bonds. The van der Waals surface area contributed by atoms with Gasteiger partial charge in [-0.15, -0.1) is 11.3 Å². The third kappa shape index (κ3) is 2.79. The fourth-order valence-corrected chi connectivity index (χ4v) is 3.81. The molecule has 20 heavy (non-hydrogen) atoms. The molecule has 1 heterocycles. The maximum absolute atomic E-state index is 13.1. The molecule has 0 saturated carbocycles. The van der Waals surface area contributed by atoms with Crippen molar-refractivity contribution in [2.75, 3.05) is 0 Å². The molecule has 1 aromatic heterocycles. The molecule has 0 saturated heterocycles. The molecule has 0 fully saturated rings. The van der Waals surface area contributed by atoms with Gasteiger partial charge in [0.15, 0.2) is 0 Å². The Morgan fingerprint density at radius 1 is 1.00 bits per heavy atom. The van der Waals surface area contributed by atoms with E-state index < -0.39 is 0 Å². The first-order chi connectivity index (χ1) is 9.45. The van der Waals surface area contributed by atoms with E-state index in [0.29, 0.717) is 11.8 Å². The second kappa shape index (κ2) is 6.06. The summed E-state index contributed by atoms with van der Waals surface area (Å²) in [6.07, 6.45) is 0. The van der Waals surface area contributed by atoms with Gasteiger partial charge in [0.05, 0.1) is 6.61 Å². The van der Waals surface area contributed by atoms with Crippen molar-refractivity contribution in [2.45, 2.75) is 46.1 Å². The van der Waals surface area contributed by atoms with Crippen molar-refractivity contribution in [3.05, 3.63) is 45.4 Å². The fraction of sp³-hybridized carbons (Fsp3) is 0.412. The highest BCUT2D eigenvalue weighted by Crippen LogP contribution is 2.43. The van der Waals surface area contributed by atoms with Crippen LogP contribution in [0.4, 0.5) is 4.39 Å². The molecule has 0 spiro atoms. The van der Waals surface area contributed by atoms with Crippen LogP contribution in [0.1, 0.15) is 54.8 Å². The van der Waals surface area contributed by atoms with E-state index in [-0.39, 0.29) is 12.4 Å². The van der Waals surface area contributed by atoms with Crippen molar-refractivity contribution < 1.29 is 9.50 Å². The summed E-state index contributed by atoms with van der Waals surface area (Å²) in [6.45, 7) is 8.63. The normalized spacial score (nSPS) is 11.6. The van der Waals surface area contributed by atoms with Crippen molar-refractivity contribution in [1.29, 1.82) is 0 Å². The van der Waals surface area contributed by atoms with E-state index in [0.717, 1.165) is 16.7 Å². The monoisotopic (exact) mass is 292 g/mol. The molecule has 0 aliphatic heterocycles. The summed E-state index contributed by atoms with van der Waals surface area (Å²) >= 11 is 1.77. The Kier molecular flexibility index (Phi) is 4.61. The number of halogens is 1. The summed E-state index contributed by atoms with van der Waals surface area (Å²) in [5.74, 6) is 0.538. The van der Waals surface area contributed by atoms with Gasteiger partial charge in [-0.05, 0) is 35.1 Å². The first-order valence-corrected chi connectivity index (χ1v) is 7.79. The molecule has 0 aliphatic rings. The van der Waals surface area contributed by atoms with Crippen LogP contribution in [-0.4, -0.2) is 5.11 Å². The van der Waals surface area contributed by atoms with E-state index in [4.69, 9.17) is 0 Å². The van der Waals surface area contributed by atoms with E-state index >= 15 is 0 Å². The van der Waals surface area contributed by atoms with Crippen molar-refractivity contribution in [1.82, 2.24) is 0 Å². The van der Waals surface area contributed by atoms with Gasteiger partial charge >= 0.3 is 0 Å². The van der Waals surface area contributed by atoms with Crippen LogP contribution in [0.25, 0.3) is 11.1 Å². The summed E-state index contributed by atoms with van der Waals surface area (Å²) in [5.41, 5.74) is 3.08. The largest absolute Gasteiger partial charge is 0.392 e. The van der Waals surface area contributed by atoms with E-state index in [9.17, 15) is 9.50 Å². The minimum absolute atomic E-state index is 0.0312. The summed E-state index contributed by atoms with van der Waals surface area (Å²) in [4.78, 5) is 2.50. The predicted octanol–water partition coefficient (Wildman–Crippen LogP) is 5.29. The molecule has 1 aromatic carbocycles. The lowest BCUT2D eigenvalue weighted by molar-refractivity contribution is 0.281. The minimum Gasteiger partial charge on any atom is -0.392 e. The molecular weight excluding hydrogens is 271 g/mol. The lowest BCUT2D eigenvalue weighted by atomic mass is 9.94. The van der Waals surface area contributed by atoms with Crippen LogP contribution in [0.2, 0.25) is 0 Å². The zero-order valence-corrected chi connectivity index (χ0v) is 13.2. The third-order valence-electron chi connectivity index (χ3n) is 3.41. The summed E-state index contributed by atoms with van der Waals surface area (Å²) in [6, 6.07) is 6.56. The topological polar surface area (TPSA) is 20.2 Å². The SMILES string of the molecule is CC(C)c1sc(C(C)C)c(-c2ccc(F)cc2)c1CO. The maximum atomic E-state index is 13.1. The predicted molar refractivity (Wildman–Crippen MR) is 83.8 cm³/mol.